The first-order valence-electron chi connectivity index (χ1n) is 14.0. The Morgan fingerprint density at radius 2 is 1.19 bits per heavy atom. The quantitative estimate of drug-likeness (QED) is 0.360. The van der Waals surface area contributed by atoms with E-state index in [1.165, 1.54) is 51.4 Å². The topological polar surface area (TPSA) is 0 Å². The molecule has 0 bridgehead atoms. The van der Waals surface area contributed by atoms with Crippen molar-refractivity contribution in [2.24, 2.45) is 68.5 Å². The molecule has 0 heteroatoms. The van der Waals surface area contributed by atoms with Crippen molar-refractivity contribution in [1.29, 1.82) is 0 Å². The summed E-state index contributed by atoms with van der Waals surface area (Å²) in [4.78, 5) is 0. The van der Waals surface area contributed by atoms with Gasteiger partial charge in [-0.2, -0.15) is 0 Å². The van der Waals surface area contributed by atoms with Crippen molar-refractivity contribution >= 4 is 0 Å². The summed E-state index contributed by atoms with van der Waals surface area (Å²) < 4.78 is 0. The van der Waals surface area contributed by atoms with Crippen molar-refractivity contribution in [3.8, 4) is 0 Å². The molecule has 4 saturated carbocycles. The Balaban J connectivity index is 1.64. The molecule has 0 radical (unpaired) electrons. The summed E-state index contributed by atoms with van der Waals surface area (Å²) >= 11 is 0. The van der Waals surface area contributed by atoms with Crippen LogP contribution in [0.25, 0.3) is 0 Å². The molecule has 0 nitrogen and oxygen atoms in total. The van der Waals surface area contributed by atoms with Gasteiger partial charge < -0.3 is 0 Å². The van der Waals surface area contributed by atoms with Crippen LogP contribution in [-0.4, -0.2) is 0 Å². The van der Waals surface area contributed by atoms with Gasteiger partial charge in [-0.1, -0.05) is 76.2 Å². The molecule has 0 N–H and O–H groups in total. The zero-order valence-corrected chi connectivity index (χ0v) is 23.2. The van der Waals surface area contributed by atoms with E-state index in [1.54, 1.807) is 0 Å². The van der Waals surface area contributed by atoms with E-state index in [-0.39, 0.29) is 0 Å². The minimum Gasteiger partial charge on any atom is -0.0599 e. The Kier molecular flexibility index (Phi) is 5.64. The lowest BCUT2D eigenvalue weighted by Gasteiger charge is -2.62. The Bertz CT molecular complexity index is 666. The molecule has 9 unspecified atom stereocenters. The molecule has 0 aliphatic heterocycles. The van der Waals surface area contributed by atoms with Crippen LogP contribution in [0.1, 0.15) is 128 Å². The number of fused-ring (bicyclic) bond motifs is 5. The summed E-state index contributed by atoms with van der Waals surface area (Å²) in [6, 6.07) is 0. The Morgan fingerprint density at radius 1 is 0.581 bits per heavy atom. The largest absolute Gasteiger partial charge is 0.0599 e. The standard InChI is InChI=1S/C31H56/c1-27(2,3)20-14-16-30(10)21(18-20)12-13-22-23(30)15-17-31(11)24(22)19-25(28(4,5)6)26(31)29(7,8)9/h20-26H,12-19H2,1-11H3. The van der Waals surface area contributed by atoms with Gasteiger partial charge in [-0.25, -0.2) is 0 Å². The van der Waals surface area contributed by atoms with Crippen LogP contribution in [0.2, 0.25) is 0 Å². The van der Waals surface area contributed by atoms with Crippen molar-refractivity contribution in [3.05, 3.63) is 0 Å². The highest BCUT2D eigenvalue weighted by Crippen LogP contribution is 2.72. The second-order valence-electron chi connectivity index (χ2n) is 16.6. The molecule has 31 heavy (non-hydrogen) atoms. The van der Waals surface area contributed by atoms with Gasteiger partial charge in [0.15, 0.2) is 0 Å². The molecular formula is C31H56. The maximum Gasteiger partial charge on any atom is -0.0258 e. The molecule has 0 amide bonds. The molecule has 4 aliphatic carbocycles. The minimum absolute atomic E-state index is 0.417. The maximum atomic E-state index is 2.76. The lowest BCUT2D eigenvalue weighted by molar-refractivity contribution is -0.132. The third-order valence-corrected chi connectivity index (χ3v) is 12.0. The van der Waals surface area contributed by atoms with Crippen LogP contribution in [0.3, 0.4) is 0 Å². The Labute approximate surface area is 196 Å². The SMILES string of the molecule is CC(C)(C)C1CCC2(C)C(CCC3C2CCC2(C)C3CC(C(C)(C)C)C2C(C)(C)C)C1. The molecule has 0 saturated heterocycles. The van der Waals surface area contributed by atoms with E-state index in [2.05, 4.69) is 76.2 Å². The van der Waals surface area contributed by atoms with E-state index < -0.39 is 0 Å². The normalized spacial score (nSPS) is 48.7. The van der Waals surface area contributed by atoms with E-state index in [0.29, 0.717) is 27.1 Å². The summed E-state index contributed by atoms with van der Waals surface area (Å²) in [5.41, 5.74) is 2.53. The van der Waals surface area contributed by atoms with Crippen LogP contribution in [0.4, 0.5) is 0 Å². The molecule has 0 aromatic heterocycles. The van der Waals surface area contributed by atoms with Crippen molar-refractivity contribution in [2.75, 3.05) is 0 Å². The smallest absolute Gasteiger partial charge is 0.0258 e. The second kappa shape index (κ2) is 7.25. The van der Waals surface area contributed by atoms with Gasteiger partial charge in [0.2, 0.25) is 0 Å². The molecule has 4 rings (SSSR count). The first kappa shape index (κ1) is 24.1. The van der Waals surface area contributed by atoms with Gasteiger partial charge in [0.25, 0.3) is 0 Å². The molecule has 4 fully saturated rings. The zero-order valence-electron chi connectivity index (χ0n) is 23.2. The fourth-order valence-electron chi connectivity index (χ4n) is 10.5. The first-order chi connectivity index (χ1) is 14.0. The lowest BCUT2D eigenvalue weighted by Crippen LogP contribution is -2.54. The molecule has 9 atom stereocenters. The number of rotatable bonds is 0. The molecule has 0 aromatic carbocycles. The van der Waals surface area contributed by atoms with E-state index in [4.69, 9.17) is 0 Å². The van der Waals surface area contributed by atoms with Crippen LogP contribution in [0, 0.1) is 68.5 Å². The minimum atomic E-state index is 0.417. The van der Waals surface area contributed by atoms with Gasteiger partial charge in [-0.05, 0) is 120 Å². The maximum absolute atomic E-state index is 2.76. The first-order valence-corrected chi connectivity index (χ1v) is 14.0. The Morgan fingerprint density at radius 3 is 1.74 bits per heavy atom. The highest BCUT2D eigenvalue weighted by Gasteiger charge is 2.65. The fraction of sp³-hybridized carbons (Fsp3) is 1.00. The van der Waals surface area contributed by atoms with Gasteiger partial charge in [-0.3, -0.25) is 0 Å². The summed E-state index contributed by atoms with van der Waals surface area (Å²) in [6.45, 7) is 28.3. The molecule has 4 aliphatic rings. The van der Waals surface area contributed by atoms with E-state index in [9.17, 15) is 0 Å². The van der Waals surface area contributed by atoms with E-state index >= 15 is 0 Å². The predicted octanol–water partition coefficient (Wildman–Crippen LogP) is 9.63. The highest BCUT2D eigenvalue weighted by atomic mass is 14.7. The van der Waals surface area contributed by atoms with Gasteiger partial charge >= 0.3 is 0 Å². The summed E-state index contributed by atoms with van der Waals surface area (Å²) in [5.74, 6) is 6.66. The molecule has 0 spiro atoms. The van der Waals surface area contributed by atoms with Crippen LogP contribution < -0.4 is 0 Å². The van der Waals surface area contributed by atoms with Crippen molar-refractivity contribution in [2.45, 2.75) is 128 Å². The van der Waals surface area contributed by atoms with Gasteiger partial charge in [-0.15, -0.1) is 0 Å². The third kappa shape index (κ3) is 3.77. The van der Waals surface area contributed by atoms with E-state index in [0.717, 1.165) is 41.4 Å². The zero-order chi connectivity index (χ0) is 23.2. The summed E-state index contributed by atoms with van der Waals surface area (Å²) in [6.07, 6.45) is 12.1. The Hall–Kier alpha value is 0. The number of hydrogen-bond acceptors (Lipinski definition) is 0. The molecular weight excluding hydrogens is 372 g/mol. The average molecular weight is 429 g/mol. The van der Waals surface area contributed by atoms with Gasteiger partial charge in [0.05, 0.1) is 0 Å². The number of hydrogen-bond donors (Lipinski definition) is 0. The summed E-state index contributed by atoms with van der Waals surface area (Å²) in [7, 11) is 0. The summed E-state index contributed by atoms with van der Waals surface area (Å²) in [5, 5.41) is 0. The van der Waals surface area contributed by atoms with Crippen LogP contribution in [0.5, 0.6) is 0 Å². The van der Waals surface area contributed by atoms with Crippen molar-refractivity contribution in [3.63, 3.8) is 0 Å². The second-order valence-corrected chi connectivity index (χ2v) is 16.6. The van der Waals surface area contributed by atoms with Gasteiger partial charge in [0, 0.05) is 0 Å². The van der Waals surface area contributed by atoms with Crippen LogP contribution >= 0.6 is 0 Å². The van der Waals surface area contributed by atoms with Crippen molar-refractivity contribution in [1.82, 2.24) is 0 Å². The van der Waals surface area contributed by atoms with E-state index in [1.807, 2.05) is 0 Å². The lowest BCUT2D eigenvalue weighted by atomic mass is 9.43. The predicted molar refractivity (Wildman–Crippen MR) is 136 cm³/mol. The monoisotopic (exact) mass is 428 g/mol. The fourth-order valence-corrected chi connectivity index (χ4v) is 10.5. The highest BCUT2D eigenvalue weighted by molar-refractivity contribution is 5.13. The van der Waals surface area contributed by atoms with Gasteiger partial charge in [0.1, 0.15) is 0 Å². The average Bonchev–Trinajstić information content (AvgIpc) is 2.93. The van der Waals surface area contributed by atoms with Crippen LogP contribution in [-0.2, 0) is 0 Å². The molecule has 180 valence electrons. The van der Waals surface area contributed by atoms with Crippen LogP contribution in [0.15, 0.2) is 0 Å². The molecule has 0 aromatic rings. The van der Waals surface area contributed by atoms with Crippen molar-refractivity contribution < 1.29 is 0 Å². The molecule has 0 heterocycles. The third-order valence-electron chi connectivity index (χ3n) is 12.0.